The van der Waals surface area contributed by atoms with Crippen molar-refractivity contribution in [1.29, 1.82) is 0 Å². The molecule has 0 saturated carbocycles. The number of ketones is 1. The fourth-order valence-corrected chi connectivity index (χ4v) is 3.39. The number of Topliss-reactive ketones (excluding diaryl/α,β-unsaturated/α-hetero) is 1. The summed E-state index contributed by atoms with van der Waals surface area (Å²) in [6, 6.07) is 3.96. The molecule has 1 aromatic carbocycles. The summed E-state index contributed by atoms with van der Waals surface area (Å²) in [4.78, 5) is 27.0. The fraction of sp³-hybridized carbons (Fsp3) is 0.600. The second-order valence-electron chi connectivity index (χ2n) is 7.77. The number of amides is 1. The van der Waals surface area contributed by atoms with Gasteiger partial charge in [-0.25, -0.2) is 9.18 Å². The van der Waals surface area contributed by atoms with E-state index in [0.717, 1.165) is 12.8 Å². The van der Waals surface area contributed by atoms with Gasteiger partial charge in [0, 0.05) is 18.5 Å². The number of halogens is 1. The van der Waals surface area contributed by atoms with Gasteiger partial charge in [0.2, 0.25) is 0 Å². The zero-order chi connectivity index (χ0) is 19.5. The van der Waals surface area contributed by atoms with E-state index >= 15 is 0 Å². The summed E-state index contributed by atoms with van der Waals surface area (Å²) in [5.41, 5.74) is -0.672. The minimum Gasteiger partial charge on any atom is -0.496 e. The fourth-order valence-electron chi connectivity index (χ4n) is 3.39. The van der Waals surface area contributed by atoms with Crippen molar-refractivity contribution in [3.05, 3.63) is 29.6 Å². The van der Waals surface area contributed by atoms with Crippen LogP contribution in [0.4, 0.5) is 9.18 Å². The van der Waals surface area contributed by atoms with Gasteiger partial charge in [0.25, 0.3) is 0 Å². The topological polar surface area (TPSA) is 55.8 Å². The monoisotopic (exact) mass is 365 g/mol. The van der Waals surface area contributed by atoms with Gasteiger partial charge in [0.1, 0.15) is 17.2 Å². The molecule has 0 spiro atoms. The van der Waals surface area contributed by atoms with Crippen molar-refractivity contribution in [2.45, 2.75) is 71.1 Å². The van der Waals surface area contributed by atoms with E-state index in [1.807, 2.05) is 27.7 Å². The van der Waals surface area contributed by atoms with Crippen molar-refractivity contribution in [3.8, 4) is 5.75 Å². The first-order valence-electron chi connectivity index (χ1n) is 9.01. The maximum Gasteiger partial charge on any atom is 0.410 e. The molecule has 1 saturated heterocycles. The molecule has 144 valence electrons. The molecule has 0 N–H and O–H groups in total. The Kier molecular flexibility index (Phi) is 6.26. The van der Waals surface area contributed by atoms with Gasteiger partial charge in [-0.2, -0.15) is 0 Å². The van der Waals surface area contributed by atoms with Gasteiger partial charge in [-0.1, -0.05) is 6.07 Å². The molecular weight excluding hydrogens is 337 g/mol. The van der Waals surface area contributed by atoms with Gasteiger partial charge >= 0.3 is 6.09 Å². The summed E-state index contributed by atoms with van der Waals surface area (Å²) in [6.07, 6.45) is 2.07. The van der Waals surface area contributed by atoms with Crippen LogP contribution in [0.15, 0.2) is 18.2 Å². The number of hydrogen-bond acceptors (Lipinski definition) is 4. The number of likely N-dealkylation sites (tertiary alicyclic amines) is 1. The van der Waals surface area contributed by atoms with Gasteiger partial charge < -0.3 is 14.4 Å². The largest absolute Gasteiger partial charge is 0.496 e. The number of carbonyl (C=O) groups is 2. The number of methoxy groups -OCH3 is 1. The average Bonchev–Trinajstić information content (AvgIpc) is 2.52. The lowest BCUT2D eigenvalue weighted by Gasteiger charge is -2.41. The van der Waals surface area contributed by atoms with Gasteiger partial charge in [-0.15, -0.1) is 0 Å². The third-order valence-corrected chi connectivity index (χ3v) is 4.53. The number of benzene rings is 1. The van der Waals surface area contributed by atoms with E-state index in [-0.39, 0.29) is 35.6 Å². The van der Waals surface area contributed by atoms with Gasteiger partial charge in [0.15, 0.2) is 5.78 Å². The first-order valence-corrected chi connectivity index (χ1v) is 9.01. The van der Waals surface area contributed by atoms with Crippen molar-refractivity contribution in [2.75, 3.05) is 7.11 Å². The molecule has 0 aliphatic carbocycles. The minimum atomic E-state index is -0.614. The second-order valence-corrected chi connectivity index (χ2v) is 7.77. The highest BCUT2D eigenvalue weighted by molar-refractivity contribution is 5.99. The third-order valence-electron chi connectivity index (χ3n) is 4.53. The van der Waals surface area contributed by atoms with Crippen molar-refractivity contribution in [1.82, 2.24) is 4.90 Å². The molecule has 0 radical (unpaired) electrons. The molecule has 2 atom stereocenters. The van der Waals surface area contributed by atoms with Crippen LogP contribution in [-0.2, 0) is 4.74 Å². The van der Waals surface area contributed by atoms with Crippen molar-refractivity contribution in [3.63, 3.8) is 0 Å². The molecule has 1 aliphatic rings. The van der Waals surface area contributed by atoms with Gasteiger partial charge in [-0.05, 0) is 59.1 Å². The van der Waals surface area contributed by atoms with Crippen LogP contribution >= 0.6 is 0 Å². The molecule has 1 aliphatic heterocycles. The molecule has 2 unspecified atom stereocenters. The zero-order valence-electron chi connectivity index (χ0n) is 16.2. The molecule has 5 nitrogen and oxygen atoms in total. The maximum absolute atomic E-state index is 14.2. The maximum atomic E-state index is 14.2. The highest BCUT2D eigenvalue weighted by atomic mass is 19.1. The van der Waals surface area contributed by atoms with E-state index in [4.69, 9.17) is 9.47 Å². The van der Waals surface area contributed by atoms with Crippen LogP contribution in [0.5, 0.6) is 5.75 Å². The van der Waals surface area contributed by atoms with Gasteiger partial charge in [0.05, 0.1) is 12.7 Å². The Bertz CT molecular complexity index is 668. The summed E-state index contributed by atoms with van der Waals surface area (Å²) < 4.78 is 24.8. The van der Waals surface area contributed by atoms with Crippen LogP contribution in [-0.4, -0.2) is 41.6 Å². The van der Waals surface area contributed by atoms with E-state index in [0.29, 0.717) is 6.42 Å². The Morgan fingerprint density at radius 1 is 1.27 bits per heavy atom. The van der Waals surface area contributed by atoms with Crippen LogP contribution in [0.3, 0.4) is 0 Å². The molecule has 6 heteroatoms. The van der Waals surface area contributed by atoms with Gasteiger partial charge in [-0.3, -0.25) is 4.79 Å². The summed E-state index contributed by atoms with van der Waals surface area (Å²) in [5.74, 6) is -0.766. The third kappa shape index (κ3) is 4.74. The quantitative estimate of drug-likeness (QED) is 0.733. The first-order chi connectivity index (χ1) is 12.1. The molecule has 1 aromatic rings. The number of carbonyl (C=O) groups excluding carboxylic acids is 2. The summed E-state index contributed by atoms with van der Waals surface area (Å²) in [5, 5.41) is 0. The Morgan fingerprint density at radius 3 is 2.58 bits per heavy atom. The van der Waals surface area contributed by atoms with Crippen molar-refractivity contribution >= 4 is 11.9 Å². The number of ether oxygens (including phenoxy) is 2. The van der Waals surface area contributed by atoms with Crippen molar-refractivity contribution in [2.24, 2.45) is 0 Å². The van der Waals surface area contributed by atoms with Crippen LogP contribution in [0, 0.1) is 5.82 Å². The Morgan fingerprint density at radius 2 is 1.96 bits per heavy atom. The molecule has 26 heavy (non-hydrogen) atoms. The number of piperidine rings is 1. The molecule has 1 fully saturated rings. The smallest absolute Gasteiger partial charge is 0.410 e. The molecule has 2 rings (SSSR count). The average molecular weight is 365 g/mol. The number of hydrogen-bond donors (Lipinski definition) is 0. The minimum absolute atomic E-state index is 0.0288. The highest BCUT2D eigenvalue weighted by Crippen LogP contribution is 2.30. The lowest BCUT2D eigenvalue weighted by molar-refractivity contribution is -0.00307. The molecule has 0 bridgehead atoms. The SMILES string of the molecule is COc1cccc(F)c1C(=O)CC1CCCC(C)N1C(=O)OC(C)(C)C. The number of rotatable bonds is 4. The van der Waals surface area contributed by atoms with Crippen LogP contribution in [0.25, 0.3) is 0 Å². The predicted octanol–water partition coefficient (Wildman–Crippen LogP) is 4.59. The summed E-state index contributed by atoms with van der Waals surface area (Å²) >= 11 is 0. The zero-order valence-corrected chi connectivity index (χ0v) is 16.2. The first kappa shape index (κ1) is 20.2. The predicted molar refractivity (Wildman–Crippen MR) is 97.1 cm³/mol. The standard InChI is InChI=1S/C20H28FNO4/c1-13-8-6-9-14(22(13)19(24)26-20(2,3)4)12-16(23)18-15(21)10-7-11-17(18)25-5/h7,10-11,13-14H,6,8-9,12H2,1-5H3. The van der Waals surface area contributed by atoms with E-state index in [1.54, 1.807) is 11.0 Å². The van der Waals surface area contributed by atoms with Crippen molar-refractivity contribution < 1.29 is 23.5 Å². The second kappa shape index (κ2) is 8.06. The number of nitrogens with zero attached hydrogens (tertiary/aromatic N) is 1. The lowest BCUT2D eigenvalue weighted by Crippen LogP contribution is -2.51. The summed E-state index contributed by atoms with van der Waals surface area (Å²) in [7, 11) is 1.40. The molecule has 0 aromatic heterocycles. The van der Waals surface area contributed by atoms with E-state index in [1.165, 1.54) is 19.2 Å². The van der Waals surface area contributed by atoms with E-state index < -0.39 is 17.5 Å². The Labute approximate surface area is 154 Å². The Balaban J connectivity index is 2.22. The molecule has 1 heterocycles. The van der Waals surface area contributed by atoms with Crippen LogP contribution < -0.4 is 4.74 Å². The van der Waals surface area contributed by atoms with Crippen LogP contribution in [0.2, 0.25) is 0 Å². The molecular formula is C20H28FNO4. The van der Waals surface area contributed by atoms with E-state index in [9.17, 15) is 14.0 Å². The van der Waals surface area contributed by atoms with E-state index in [2.05, 4.69) is 0 Å². The lowest BCUT2D eigenvalue weighted by atomic mass is 9.91. The molecule has 1 amide bonds. The Hall–Kier alpha value is -2.11. The summed E-state index contributed by atoms with van der Waals surface area (Å²) in [6.45, 7) is 7.38. The highest BCUT2D eigenvalue weighted by Gasteiger charge is 2.36. The van der Waals surface area contributed by atoms with Crippen LogP contribution in [0.1, 0.15) is 63.7 Å². The normalized spacial score (nSPS) is 20.6.